The van der Waals surface area contributed by atoms with Gasteiger partial charge in [-0.15, -0.1) is 0 Å². The van der Waals surface area contributed by atoms with Crippen molar-refractivity contribution in [2.45, 2.75) is 91.0 Å². The van der Waals surface area contributed by atoms with Crippen molar-refractivity contribution in [1.29, 1.82) is 0 Å². The standard InChI is InChI=1S/C32H44N4O11Si/c1-21(17-33-30(38)44-20-24-10-13-28(36(42)43)29(15-24)46-22(2)37)14-26-16-27(47-48(6,7)32(3,4)5)18-34(26)31(39)45-19-23-8-11-25(12-9-23)35(40)41/h8-13,15,21,26-27H,14,16-20H2,1-7H3,(H,33,38)/t21?,26-,27+/m0/s1. The van der Waals surface area contributed by atoms with E-state index in [2.05, 4.69) is 39.2 Å². The SMILES string of the molecule is CC(=O)Oc1cc(COC(=O)NCC(C)C[C@H]2C[C@@H](O[Si](C)(C)C(C)(C)C)CN2C(=O)OCc2ccc([N+](=O)[O-])cc2)ccc1[N+](=O)[O-]. The van der Waals surface area contributed by atoms with Crippen LogP contribution in [0.15, 0.2) is 42.5 Å². The number of likely N-dealkylation sites (tertiary alicyclic amines) is 1. The third-order valence-electron chi connectivity index (χ3n) is 8.50. The molecule has 0 bridgehead atoms. The minimum Gasteiger partial charge on any atom is -0.445 e. The minimum atomic E-state index is -2.14. The van der Waals surface area contributed by atoms with Crippen molar-refractivity contribution in [1.82, 2.24) is 10.2 Å². The Labute approximate surface area is 280 Å². The lowest BCUT2D eigenvalue weighted by Gasteiger charge is -2.38. The smallest absolute Gasteiger partial charge is 0.410 e. The van der Waals surface area contributed by atoms with Gasteiger partial charge in [-0.25, -0.2) is 9.59 Å². The topological polar surface area (TPSA) is 190 Å². The molecule has 1 unspecified atom stereocenters. The molecule has 1 N–H and O–H groups in total. The molecule has 1 aliphatic rings. The summed E-state index contributed by atoms with van der Waals surface area (Å²) in [7, 11) is -2.14. The lowest BCUT2D eigenvalue weighted by molar-refractivity contribution is -0.385. The van der Waals surface area contributed by atoms with Gasteiger partial charge in [0.05, 0.1) is 16.0 Å². The van der Waals surface area contributed by atoms with Crippen LogP contribution < -0.4 is 10.1 Å². The number of benzene rings is 2. The average molecular weight is 689 g/mol. The number of nitrogens with zero attached hydrogens (tertiary/aromatic N) is 3. The number of carbonyl (C=O) groups excluding carboxylic acids is 3. The summed E-state index contributed by atoms with van der Waals surface area (Å²) in [5.74, 6) is -1.04. The Morgan fingerprint density at radius 1 is 1.00 bits per heavy atom. The van der Waals surface area contributed by atoms with Crippen LogP contribution in [-0.2, 0) is 31.9 Å². The van der Waals surface area contributed by atoms with Crippen LogP contribution in [0.5, 0.6) is 5.75 Å². The molecule has 0 spiro atoms. The zero-order valence-electron chi connectivity index (χ0n) is 28.3. The number of non-ortho nitro benzene ring substituents is 1. The van der Waals surface area contributed by atoms with E-state index in [-0.39, 0.29) is 60.0 Å². The van der Waals surface area contributed by atoms with Gasteiger partial charge in [0.1, 0.15) is 13.2 Å². The van der Waals surface area contributed by atoms with Crippen LogP contribution >= 0.6 is 0 Å². The number of carbonyl (C=O) groups is 3. The number of nitro groups is 2. The number of nitrogens with one attached hydrogen (secondary N) is 1. The van der Waals surface area contributed by atoms with Crippen molar-refractivity contribution in [3.8, 4) is 5.75 Å². The highest BCUT2D eigenvalue weighted by Crippen LogP contribution is 2.39. The summed E-state index contributed by atoms with van der Waals surface area (Å²) < 4.78 is 22.4. The normalized spacial score (nSPS) is 16.9. The first kappa shape index (κ1) is 37.9. The Bertz CT molecular complexity index is 1490. The largest absolute Gasteiger partial charge is 0.445 e. The summed E-state index contributed by atoms with van der Waals surface area (Å²) in [6.45, 7) is 14.1. The first-order valence-electron chi connectivity index (χ1n) is 15.6. The van der Waals surface area contributed by atoms with E-state index in [1.54, 1.807) is 17.0 Å². The van der Waals surface area contributed by atoms with E-state index in [1.165, 1.54) is 30.3 Å². The molecule has 1 heterocycles. The summed E-state index contributed by atoms with van der Waals surface area (Å²) in [5, 5.41) is 24.9. The Morgan fingerprint density at radius 2 is 1.62 bits per heavy atom. The van der Waals surface area contributed by atoms with E-state index in [1.807, 2.05) is 6.92 Å². The first-order valence-corrected chi connectivity index (χ1v) is 18.5. The fourth-order valence-corrected chi connectivity index (χ4v) is 6.34. The lowest BCUT2D eigenvalue weighted by atomic mass is 9.99. The molecule has 3 rings (SSSR count). The molecule has 1 fully saturated rings. The third-order valence-corrected chi connectivity index (χ3v) is 13.0. The lowest BCUT2D eigenvalue weighted by Crippen LogP contribution is -2.44. The van der Waals surface area contributed by atoms with Crippen LogP contribution in [0.25, 0.3) is 0 Å². The molecular weight excluding hydrogens is 644 g/mol. The number of ether oxygens (including phenoxy) is 3. The summed E-state index contributed by atoms with van der Waals surface area (Å²) in [6.07, 6.45) is -0.280. The van der Waals surface area contributed by atoms with Crippen LogP contribution in [0.3, 0.4) is 0 Å². The molecule has 0 aromatic heterocycles. The zero-order valence-corrected chi connectivity index (χ0v) is 29.3. The summed E-state index contributed by atoms with van der Waals surface area (Å²) in [5.41, 5.74) is 0.565. The van der Waals surface area contributed by atoms with Gasteiger partial charge in [0.25, 0.3) is 5.69 Å². The van der Waals surface area contributed by atoms with Crippen LogP contribution in [0.2, 0.25) is 18.1 Å². The van der Waals surface area contributed by atoms with Gasteiger partial charge in [-0.1, -0.05) is 27.7 Å². The summed E-state index contributed by atoms with van der Waals surface area (Å²) >= 11 is 0. The molecule has 2 amide bonds. The maximum Gasteiger partial charge on any atom is 0.410 e. The van der Waals surface area contributed by atoms with Gasteiger partial charge in [0.15, 0.2) is 8.32 Å². The molecule has 3 atom stereocenters. The molecule has 0 saturated carbocycles. The summed E-state index contributed by atoms with van der Waals surface area (Å²) in [6, 6.07) is 9.42. The molecule has 48 heavy (non-hydrogen) atoms. The van der Waals surface area contributed by atoms with E-state index in [0.29, 0.717) is 30.5 Å². The van der Waals surface area contributed by atoms with E-state index in [9.17, 15) is 34.6 Å². The van der Waals surface area contributed by atoms with Crippen molar-refractivity contribution in [2.75, 3.05) is 13.1 Å². The van der Waals surface area contributed by atoms with Gasteiger partial charge < -0.3 is 28.9 Å². The minimum absolute atomic E-state index is 0.0274. The monoisotopic (exact) mass is 688 g/mol. The number of hydrogen-bond acceptors (Lipinski definition) is 11. The predicted octanol–water partition coefficient (Wildman–Crippen LogP) is 6.48. The first-order chi connectivity index (χ1) is 22.4. The van der Waals surface area contributed by atoms with Crippen molar-refractivity contribution < 1.29 is 42.9 Å². The molecule has 1 saturated heterocycles. The van der Waals surface area contributed by atoms with Gasteiger partial charge in [-0.05, 0) is 72.3 Å². The second kappa shape index (κ2) is 16.0. The van der Waals surface area contributed by atoms with Gasteiger partial charge in [0.2, 0.25) is 5.75 Å². The number of hydrogen-bond donors (Lipinski definition) is 1. The third kappa shape index (κ3) is 10.7. The van der Waals surface area contributed by atoms with E-state index >= 15 is 0 Å². The quantitative estimate of drug-likeness (QED) is 0.0797. The maximum absolute atomic E-state index is 13.3. The Hall–Kier alpha value is -4.57. The number of esters is 1. The molecule has 0 aliphatic carbocycles. The second-order valence-corrected chi connectivity index (χ2v) is 18.2. The van der Waals surface area contributed by atoms with Crippen LogP contribution in [0, 0.1) is 26.1 Å². The van der Waals surface area contributed by atoms with Gasteiger partial charge in [0, 0.05) is 44.3 Å². The van der Waals surface area contributed by atoms with Crippen molar-refractivity contribution >= 4 is 37.8 Å². The van der Waals surface area contributed by atoms with Gasteiger partial charge in [-0.3, -0.25) is 25.0 Å². The van der Waals surface area contributed by atoms with E-state index in [4.69, 9.17) is 18.6 Å². The predicted molar refractivity (Wildman–Crippen MR) is 177 cm³/mol. The molecule has 2 aromatic rings. The molecular formula is C32H44N4O11Si. The van der Waals surface area contributed by atoms with Crippen molar-refractivity contribution in [3.63, 3.8) is 0 Å². The van der Waals surface area contributed by atoms with Crippen LogP contribution in [0.4, 0.5) is 21.0 Å². The second-order valence-electron chi connectivity index (χ2n) is 13.5. The van der Waals surface area contributed by atoms with E-state index in [0.717, 1.165) is 6.92 Å². The van der Waals surface area contributed by atoms with Crippen LogP contribution in [-0.4, -0.2) is 66.5 Å². The summed E-state index contributed by atoms with van der Waals surface area (Å²) in [4.78, 5) is 59.8. The maximum atomic E-state index is 13.3. The van der Waals surface area contributed by atoms with Crippen molar-refractivity contribution in [2.24, 2.45) is 5.92 Å². The zero-order chi connectivity index (χ0) is 35.8. The molecule has 16 heteroatoms. The highest BCUT2D eigenvalue weighted by molar-refractivity contribution is 6.74. The molecule has 2 aromatic carbocycles. The fraction of sp³-hybridized carbons (Fsp3) is 0.531. The molecule has 15 nitrogen and oxygen atoms in total. The Balaban J connectivity index is 1.60. The fourth-order valence-electron chi connectivity index (χ4n) is 4.98. The van der Waals surface area contributed by atoms with Gasteiger partial charge in [-0.2, -0.15) is 0 Å². The number of nitro benzene ring substituents is 2. The number of amides is 2. The number of alkyl carbamates (subject to hydrolysis) is 1. The molecule has 1 aliphatic heterocycles. The molecule has 0 radical (unpaired) electrons. The Morgan fingerprint density at radius 3 is 2.21 bits per heavy atom. The van der Waals surface area contributed by atoms with E-state index < -0.39 is 36.3 Å². The highest BCUT2D eigenvalue weighted by Gasteiger charge is 2.44. The van der Waals surface area contributed by atoms with Crippen molar-refractivity contribution in [3.05, 3.63) is 73.8 Å². The van der Waals surface area contributed by atoms with Gasteiger partial charge >= 0.3 is 23.8 Å². The number of rotatable bonds is 13. The molecule has 262 valence electrons. The Kier molecular flexibility index (Phi) is 12.6. The average Bonchev–Trinajstić information content (AvgIpc) is 3.38. The van der Waals surface area contributed by atoms with Crippen LogP contribution in [0.1, 0.15) is 58.6 Å². The highest BCUT2D eigenvalue weighted by atomic mass is 28.4.